The van der Waals surface area contributed by atoms with E-state index < -0.39 is 18.2 Å². The summed E-state index contributed by atoms with van der Waals surface area (Å²) in [5, 5.41) is 29.8. The maximum absolute atomic E-state index is 12.0. The van der Waals surface area contributed by atoms with E-state index >= 15 is 0 Å². The molecule has 0 unspecified atom stereocenters. The molecule has 0 aromatic rings. The number of aliphatic hydroxyl groups is 2. The van der Waals surface area contributed by atoms with Crippen molar-refractivity contribution in [2.24, 2.45) is 11.8 Å². The van der Waals surface area contributed by atoms with E-state index in [0.29, 0.717) is 37.4 Å². The van der Waals surface area contributed by atoms with Gasteiger partial charge >= 0.3 is 11.9 Å². The van der Waals surface area contributed by atoms with Crippen molar-refractivity contribution >= 4 is 23.7 Å². The summed E-state index contributed by atoms with van der Waals surface area (Å²) in [6.07, 6.45) is 10.2. The van der Waals surface area contributed by atoms with Crippen LogP contribution in [0.25, 0.3) is 0 Å². The predicted octanol–water partition coefficient (Wildman–Crippen LogP) is 5.43. The van der Waals surface area contributed by atoms with Gasteiger partial charge in [-0.3, -0.25) is 9.59 Å². The summed E-state index contributed by atoms with van der Waals surface area (Å²) in [6.45, 7) is 6.22. The van der Waals surface area contributed by atoms with E-state index in [0.717, 1.165) is 42.8 Å². The van der Waals surface area contributed by atoms with E-state index in [4.69, 9.17) is 9.84 Å². The Morgan fingerprint density at radius 3 is 2.56 bits per heavy atom. The van der Waals surface area contributed by atoms with Crippen molar-refractivity contribution in [3.8, 4) is 0 Å². The van der Waals surface area contributed by atoms with Crippen LogP contribution in [0.3, 0.4) is 0 Å². The molecule has 0 bridgehead atoms. The number of ether oxygens (including phenoxy) is 1. The van der Waals surface area contributed by atoms with Crippen LogP contribution in [0.15, 0.2) is 22.8 Å². The smallest absolute Gasteiger partial charge is 0.310 e. The van der Waals surface area contributed by atoms with E-state index in [1.807, 2.05) is 13.0 Å². The predicted molar refractivity (Wildman–Crippen MR) is 129 cm³/mol. The molecule has 3 N–H and O–H groups in total. The molecule has 0 fully saturated rings. The fraction of sp³-hybridized carbons (Fsp3) is 0.760. The quantitative estimate of drug-likeness (QED) is 0.148. The van der Waals surface area contributed by atoms with Gasteiger partial charge in [-0.05, 0) is 37.4 Å². The molecule has 0 aromatic carbocycles. The Morgan fingerprint density at radius 1 is 1.16 bits per heavy atom. The number of esters is 1. The van der Waals surface area contributed by atoms with Crippen LogP contribution >= 0.6 is 11.8 Å². The van der Waals surface area contributed by atoms with Gasteiger partial charge < -0.3 is 20.1 Å². The SMILES string of the molecule is CCCC[C@H](C)C[C@H](O)C=C[C@@H]1C(SCCCCCC(=O)O)=C(OC(=O)CCC)C[C@H]1O. The minimum atomic E-state index is -0.780. The van der Waals surface area contributed by atoms with Crippen molar-refractivity contribution in [2.45, 2.75) is 104 Å². The van der Waals surface area contributed by atoms with Crippen LogP contribution in [0.4, 0.5) is 0 Å². The number of aliphatic hydroxyl groups excluding tert-OH is 2. The Balaban J connectivity index is 2.77. The summed E-state index contributed by atoms with van der Waals surface area (Å²) in [4.78, 5) is 23.5. The van der Waals surface area contributed by atoms with Gasteiger partial charge in [0, 0.05) is 30.1 Å². The van der Waals surface area contributed by atoms with Gasteiger partial charge in [0.2, 0.25) is 0 Å². The lowest BCUT2D eigenvalue weighted by Gasteiger charge is -2.17. The molecule has 0 amide bonds. The first kappa shape index (κ1) is 28.7. The molecule has 32 heavy (non-hydrogen) atoms. The summed E-state index contributed by atoms with van der Waals surface area (Å²) in [7, 11) is 0. The van der Waals surface area contributed by atoms with E-state index in [-0.39, 0.29) is 24.7 Å². The fourth-order valence-electron chi connectivity index (χ4n) is 3.80. The Morgan fingerprint density at radius 2 is 1.91 bits per heavy atom. The van der Waals surface area contributed by atoms with Crippen LogP contribution in [0, 0.1) is 11.8 Å². The topological polar surface area (TPSA) is 104 Å². The number of unbranched alkanes of at least 4 members (excludes halogenated alkanes) is 3. The van der Waals surface area contributed by atoms with Crippen LogP contribution in [-0.4, -0.2) is 45.2 Å². The van der Waals surface area contributed by atoms with Gasteiger partial charge in [-0.15, -0.1) is 11.8 Å². The van der Waals surface area contributed by atoms with Gasteiger partial charge in [-0.25, -0.2) is 0 Å². The first-order chi connectivity index (χ1) is 15.3. The largest absolute Gasteiger partial charge is 0.481 e. The van der Waals surface area contributed by atoms with Crippen molar-refractivity contribution in [1.82, 2.24) is 0 Å². The zero-order valence-corrected chi connectivity index (χ0v) is 20.7. The Bertz CT molecular complexity index is 630. The molecule has 0 radical (unpaired) electrons. The highest BCUT2D eigenvalue weighted by atomic mass is 32.2. The first-order valence-corrected chi connectivity index (χ1v) is 13.1. The maximum Gasteiger partial charge on any atom is 0.310 e. The minimum Gasteiger partial charge on any atom is -0.481 e. The number of hydrogen-bond donors (Lipinski definition) is 3. The molecule has 0 heterocycles. The van der Waals surface area contributed by atoms with Crippen LogP contribution in [0.1, 0.15) is 91.4 Å². The lowest BCUT2D eigenvalue weighted by molar-refractivity contribution is -0.140. The van der Waals surface area contributed by atoms with Gasteiger partial charge in [0.05, 0.1) is 12.2 Å². The molecule has 1 rings (SSSR count). The molecule has 184 valence electrons. The second-order valence-electron chi connectivity index (χ2n) is 8.80. The van der Waals surface area contributed by atoms with Crippen LogP contribution in [-0.2, 0) is 14.3 Å². The number of aliphatic carboxylic acids is 1. The van der Waals surface area contributed by atoms with Crippen LogP contribution in [0.2, 0.25) is 0 Å². The highest BCUT2D eigenvalue weighted by Crippen LogP contribution is 2.41. The number of carboxylic acid groups (broad SMARTS) is 1. The van der Waals surface area contributed by atoms with E-state index in [1.165, 1.54) is 0 Å². The molecule has 1 aliphatic carbocycles. The number of carboxylic acids is 1. The molecule has 0 saturated carbocycles. The van der Waals surface area contributed by atoms with Crippen molar-refractivity contribution in [2.75, 3.05) is 5.75 Å². The number of rotatable bonds is 17. The monoisotopic (exact) mass is 470 g/mol. The molecule has 0 saturated heterocycles. The fourth-order valence-corrected chi connectivity index (χ4v) is 5.08. The number of hydrogen-bond acceptors (Lipinski definition) is 6. The molecule has 4 atom stereocenters. The molecule has 0 aromatic heterocycles. The highest BCUT2D eigenvalue weighted by Gasteiger charge is 2.34. The summed E-state index contributed by atoms with van der Waals surface area (Å²) in [5.41, 5.74) is 0. The summed E-state index contributed by atoms with van der Waals surface area (Å²) in [5.74, 6) is 0.359. The summed E-state index contributed by atoms with van der Waals surface area (Å²) < 4.78 is 5.58. The molecule has 1 aliphatic rings. The van der Waals surface area contributed by atoms with Crippen molar-refractivity contribution < 1.29 is 29.6 Å². The Hall–Kier alpha value is -1.31. The second-order valence-corrected chi connectivity index (χ2v) is 9.93. The average molecular weight is 471 g/mol. The van der Waals surface area contributed by atoms with Crippen LogP contribution < -0.4 is 0 Å². The van der Waals surface area contributed by atoms with Gasteiger partial charge in [0.15, 0.2) is 0 Å². The van der Waals surface area contributed by atoms with Crippen molar-refractivity contribution in [1.29, 1.82) is 0 Å². The van der Waals surface area contributed by atoms with Gasteiger partial charge in [0.25, 0.3) is 0 Å². The average Bonchev–Trinajstić information content (AvgIpc) is 3.01. The zero-order valence-electron chi connectivity index (χ0n) is 19.9. The summed E-state index contributed by atoms with van der Waals surface area (Å²) in [6, 6.07) is 0. The van der Waals surface area contributed by atoms with E-state index in [1.54, 1.807) is 17.8 Å². The Kier molecular flexibility index (Phi) is 14.7. The molecule has 0 aliphatic heterocycles. The third-order valence-corrected chi connectivity index (χ3v) is 6.91. The molecule has 0 spiro atoms. The van der Waals surface area contributed by atoms with Crippen molar-refractivity contribution in [3.05, 3.63) is 22.8 Å². The number of thioether (sulfide) groups is 1. The molecular formula is C25H42O6S. The van der Waals surface area contributed by atoms with Gasteiger partial charge in [-0.1, -0.05) is 58.6 Å². The molecule has 7 heteroatoms. The van der Waals surface area contributed by atoms with E-state index in [2.05, 4.69) is 13.8 Å². The molecule has 6 nitrogen and oxygen atoms in total. The first-order valence-electron chi connectivity index (χ1n) is 12.1. The maximum atomic E-state index is 12.0. The second kappa shape index (κ2) is 16.3. The standard InChI is InChI=1S/C25H42O6S/c1-4-6-11-18(3)16-19(26)13-14-20-21(27)17-22(31-24(30)10-5-2)25(20)32-15-9-7-8-12-23(28)29/h13-14,18-21,26-27H,4-12,15-17H2,1-3H3,(H,28,29)/t18-,19+,20-,21+/m0/s1. The third-order valence-electron chi connectivity index (χ3n) is 5.61. The summed E-state index contributed by atoms with van der Waals surface area (Å²) >= 11 is 1.56. The third kappa shape index (κ3) is 11.5. The Labute approximate surface area is 197 Å². The van der Waals surface area contributed by atoms with E-state index in [9.17, 15) is 19.8 Å². The molecular weight excluding hydrogens is 428 g/mol. The van der Waals surface area contributed by atoms with Crippen LogP contribution in [0.5, 0.6) is 0 Å². The van der Waals surface area contributed by atoms with Crippen molar-refractivity contribution in [3.63, 3.8) is 0 Å². The highest BCUT2D eigenvalue weighted by molar-refractivity contribution is 8.03. The number of carbonyl (C=O) groups excluding carboxylic acids is 1. The van der Waals surface area contributed by atoms with Gasteiger partial charge in [-0.2, -0.15) is 0 Å². The van der Waals surface area contributed by atoms with Gasteiger partial charge in [0.1, 0.15) is 5.76 Å². The minimum absolute atomic E-state index is 0.173. The lowest BCUT2D eigenvalue weighted by Crippen LogP contribution is -2.15. The number of carbonyl (C=O) groups is 2. The zero-order chi connectivity index (χ0) is 23.9. The lowest BCUT2D eigenvalue weighted by atomic mass is 9.96. The normalized spacial score (nSPS) is 20.7.